The summed E-state index contributed by atoms with van der Waals surface area (Å²) in [6.45, 7) is 3.31. The Kier molecular flexibility index (Phi) is 3.79. The Hall–Kier alpha value is -1.17. The standard InChI is InChI=1S/C12H11Cl3N2O3/c1-11(2)9(18)17-7-5-6(3-4-8(7)20-11)16-10(19)12(13,14)15/h3-5H,1-2H3,(H,16,19)(H,17,18). The summed E-state index contributed by atoms with van der Waals surface area (Å²) < 4.78 is 3.50. The first-order valence-electron chi connectivity index (χ1n) is 5.62. The van der Waals surface area contributed by atoms with Gasteiger partial charge in [-0.3, -0.25) is 9.59 Å². The van der Waals surface area contributed by atoms with Crippen LogP contribution in [0.4, 0.5) is 11.4 Å². The predicted octanol–water partition coefficient (Wildman–Crippen LogP) is 3.10. The van der Waals surface area contributed by atoms with Crippen LogP contribution in [0.15, 0.2) is 18.2 Å². The Labute approximate surface area is 130 Å². The highest BCUT2D eigenvalue weighted by Crippen LogP contribution is 2.36. The second-order valence-corrected chi connectivity index (χ2v) is 7.01. The van der Waals surface area contributed by atoms with Crippen LogP contribution >= 0.6 is 34.8 Å². The van der Waals surface area contributed by atoms with Gasteiger partial charge in [-0.1, -0.05) is 34.8 Å². The van der Waals surface area contributed by atoms with E-state index in [0.717, 1.165) is 0 Å². The predicted molar refractivity (Wildman–Crippen MR) is 78.7 cm³/mol. The molecule has 8 heteroatoms. The Bertz CT molecular complexity index is 582. The molecule has 2 N–H and O–H groups in total. The number of carbonyl (C=O) groups is 2. The summed E-state index contributed by atoms with van der Waals surface area (Å²) in [6.07, 6.45) is 0. The third-order valence-corrected chi connectivity index (χ3v) is 3.17. The van der Waals surface area contributed by atoms with Gasteiger partial charge in [0.15, 0.2) is 5.60 Å². The fourth-order valence-corrected chi connectivity index (χ4v) is 1.73. The average Bonchev–Trinajstić information content (AvgIpc) is 2.29. The highest BCUT2D eigenvalue weighted by atomic mass is 35.6. The highest BCUT2D eigenvalue weighted by molar-refractivity contribution is 6.76. The number of fused-ring (bicyclic) bond motifs is 1. The van der Waals surface area contributed by atoms with E-state index in [4.69, 9.17) is 39.5 Å². The molecule has 1 aromatic rings. The molecule has 2 rings (SSSR count). The summed E-state index contributed by atoms with van der Waals surface area (Å²) in [7, 11) is 0. The van der Waals surface area contributed by atoms with Crippen LogP contribution in [0, 0.1) is 0 Å². The summed E-state index contributed by atoms with van der Waals surface area (Å²) in [6, 6.07) is 4.72. The lowest BCUT2D eigenvalue weighted by Gasteiger charge is -2.31. The maximum Gasteiger partial charge on any atom is 0.276 e. The van der Waals surface area contributed by atoms with Gasteiger partial charge in [-0.25, -0.2) is 0 Å². The minimum absolute atomic E-state index is 0.283. The molecule has 0 saturated heterocycles. The molecule has 0 unspecified atom stereocenters. The smallest absolute Gasteiger partial charge is 0.276 e. The lowest BCUT2D eigenvalue weighted by Crippen LogP contribution is -2.45. The van der Waals surface area contributed by atoms with Crippen LogP contribution in [0.5, 0.6) is 5.75 Å². The summed E-state index contributed by atoms with van der Waals surface area (Å²) >= 11 is 16.4. The number of benzene rings is 1. The number of nitrogens with one attached hydrogen (secondary N) is 2. The SMILES string of the molecule is CC1(C)Oc2ccc(NC(=O)C(Cl)(Cl)Cl)cc2NC1=O. The Balaban J connectivity index is 2.24. The fraction of sp³-hybridized carbons (Fsp3) is 0.333. The van der Waals surface area contributed by atoms with E-state index in [1.165, 1.54) is 6.07 Å². The van der Waals surface area contributed by atoms with Crippen molar-refractivity contribution in [2.45, 2.75) is 23.2 Å². The van der Waals surface area contributed by atoms with Gasteiger partial charge in [0.05, 0.1) is 5.69 Å². The normalized spacial score (nSPS) is 16.8. The van der Waals surface area contributed by atoms with Crippen molar-refractivity contribution >= 4 is 58.0 Å². The Morgan fingerprint density at radius 1 is 1.35 bits per heavy atom. The zero-order valence-corrected chi connectivity index (χ0v) is 12.9. The number of ether oxygens (including phenoxy) is 1. The molecule has 0 bridgehead atoms. The maximum atomic E-state index is 11.8. The van der Waals surface area contributed by atoms with Gasteiger partial charge in [0, 0.05) is 5.69 Å². The van der Waals surface area contributed by atoms with Gasteiger partial charge in [0.2, 0.25) is 0 Å². The van der Waals surface area contributed by atoms with E-state index in [9.17, 15) is 9.59 Å². The molecule has 0 spiro atoms. The van der Waals surface area contributed by atoms with Crippen LogP contribution in [-0.2, 0) is 9.59 Å². The molecule has 5 nitrogen and oxygen atoms in total. The number of hydrogen-bond acceptors (Lipinski definition) is 3. The molecular weight excluding hydrogens is 327 g/mol. The first kappa shape index (κ1) is 15.2. The van der Waals surface area contributed by atoms with Crippen molar-refractivity contribution < 1.29 is 14.3 Å². The molecule has 0 aliphatic carbocycles. The van der Waals surface area contributed by atoms with Gasteiger partial charge < -0.3 is 15.4 Å². The van der Waals surface area contributed by atoms with Crippen LogP contribution in [0.1, 0.15) is 13.8 Å². The third kappa shape index (κ3) is 3.11. The first-order valence-corrected chi connectivity index (χ1v) is 6.76. The van der Waals surface area contributed by atoms with E-state index in [2.05, 4.69) is 10.6 Å². The van der Waals surface area contributed by atoms with Gasteiger partial charge in [-0.05, 0) is 32.0 Å². The average molecular weight is 338 g/mol. The molecule has 2 amide bonds. The van der Waals surface area contributed by atoms with E-state index in [-0.39, 0.29) is 5.91 Å². The largest absolute Gasteiger partial charge is 0.476 e. The van der Waals surface area contributed by atoms with E-state index in [0.29, 0.717) is 17.1 Å². The Morgan fingerprint density at radius 3 is 2.60 bits per heavy atom. The van der Waals surface area contributed by atoms with E-state index in [1.54, 1.807) is 26.0 Å². The van der Waals surface area contributed by atoms with Crippen LogP contribution in [0.25, 0.3) is 0 Å². The molecule has 0 fully saturated rings. The zero-order valence-electron chi connectivity index (χ0n) is 10.6. The van der Waals surface area contributed by atoms with E-state index in [1.807, 2.05) is 0 Å². The second kappa shape index (κ2) is 4.98. The Morgan fingerprint density at radius 2 is 2.00 bits per heavy atom. The van der Waals surface area contributed by atoms with E-state index >= 15 is 0 Å². The first-order chi connectivity index (χ1) is 9.09. The summed E-state index contributed by atoms with van der Waals surface area (Å²) in [5, 5.41) is 5.11. The number of amides is 2. The number of hydrogen-bond donors (Lipinski definition) is 2. The number of anilines is 2. The van der Waals surface area contributed by atoms with Crippen molar-refractivity contribution in [2.24, 2.45) is 0 Å². The molecule has 0 atom stereocenters. The molecule has 1 aliphatic heterocycles. The van der Waals surface area contributed by atoms with Crippen molar-refractivity contribution in [1.29, 1.82) is 0 Å². The van der Waals surface area contributed by atoms with Gasteiger partial charge >= 0.3 is 0 Å². The van der Waals surface area contributed by atoms with Gasteiger partial charge in [-0.2, -0.15) is 0 Å². The molecular formula is C12H11Cl3N2O3. The lowest BCUT2D eigenvalue weighted by atomic mass is 10.1. The second-order valence-electron chi connectivity index (χ2n) is 4.73. The summed E-state index contributed by atoms with van der Waals surface area (Å²) in [5.41, 5.74) is -0.130. The van der Waals surface area contributed by atoms with Gasteiger partial charge in [0.25, 0.3) is 15.6 Å². The van der Waals surface area contributed by atoms with Gasteiger partial charge in [-0.15, -0.1) is 0 Å². The topological polar surface area (TPSA) is 67.4 Å². The van der Waals surface area contributed by atoms with Crippen LogP contribution < -0.4 is 15.4 Å². The summed E-state index contributed by atoms with van der Waals surface area (Å²) in [4.78, 5) is 23.3. The quantitative estimate of drug-likeness (QED) is 0.774. The zero-order chi connectivity index (χ0) is 15.1. The van der Waals surface area contributed by atoms with Crippen molar-refractivity contribution in [1.82, 2.24) is 0 Å². The van der Waals surface area contributed by atoms with Crippen LogP contribution in [0.2, 0.25) is 0 Å². The van der Waals surface area contributed by atoms with Crippen LogP contribution in [0.3, 0.4) is 0 Å². The molecule has 1 heterocycles. The van der Waals surface area contributed by atoms with Crippen molar-refractivity contribution in [3.8, 4) is 5.75 Å². The molecule has 0 saturated carbocycles. The number of halogens is 3. The molecule has 108 valence electrons. The minimum Gasteiger partial charge on any atom is -0.476 e. The summed E-state index contributed by atoms with van der Waals surface area (Å²) in [5.74, 6) is -0.567. The molecule has 0 radical (unpaired) electrons. The number of alkyl halides is 3. The van der Waals surface area contributed by atoms with Crippen molar-refractivity contribution in [3.63, 3.8) is 0 Å². The highest BCUT2D eigenvalue weighted by Gasteiger charge is 2.36. The third-order valence-electron chi connectivity index (χ3n) is 2.66. The van der Waals surface area contributed by atoms with Crippen LogP contribution in [-0.4, -0.2) is 21.2 Å². The molecule has 20 heavy (non-hydrogen) atoms. The fourth-order valence-electron chi connectivity index (χ4n) is 1.59. The molecule has 0 aromatic heterocycles. The number of rotatable bonds is 1. The monoisotopic (exact) mass is 336 g/mol. The van der Waals surface area contributed by atoms with Crippen molar-refractivity contribution in [2.75, 3.05) is 10.6 Å². The number of carbonyl (C=O) groups excluding carboxylic acids is 2. The van der Waals surface area contributed by atoms with Crippen molar-refractivity contribution in [3.05, 3.63) is 18.2 Å². The van der Waals surface area contributed by atoms with E-state index < -0.39 is 15.3 Å². The molecule has 1 aliphatic rings. The van der Waals surface area contributed by atoms with Gasteiger partial charge in [0.1, 0.15) is 5.75 Å². The lowest BCUT2D eigenvalue weighted by molar-refractivity contribution is -0.129. The maximum absolute atomic E-state index is 11.8. The molecule has 1 aromatic carbocycles. The minimum atomic E-state index is -2.06.